The number of ether oxygens (including phenoxy) is 1. The number of hydrogen-bond acceptors (Lipinski definition) is 3. The van der Waals surface area contributed by atoms with Gasteiger partial charge in [-0.1, -0.05) is 31.9 Å². The van der Waals surface area contributed by atoms with Crippen molar-refractivity contribution in [2.75, 3.05) is 13.2 Å². The molecule has 1 aromatic rings. The van der Waals surface area contributed by atoms with Gasteiger partial charge in [0.05, 0.1) is 24.3 Å². The molecular formula is C17H25NO3. The highest BCUT2D eigenvalue weighted by molar-refractivity contribution is 5.97. The maximum Gasteiger partial charge on any atom is 0.255 e. The molecule has 2 unspecified atom stereocenters. The Morgan fingerprint density at radius 1 is 1.48 bits per heavy atom. The lowest BCUT2D eigenvalue weighted by molar-refractivity contribution is 0.0694. The van der Waals surface area contributed by atoms with Gasteiger partial charge in [0.25, 0.3) is 5.91 Å². The largest absolute Gasteiger partial charge is 0.493 e. The van der Waals surface area contributed by atoms with Gasteiger partial charge in [0.15, 0.2) is 0 Å². The molecule has 2 rings (SSSR count). The Hall–Kier alpha value is -1.55. The third-order valence-corrected chi connectivity index (χ3v) is 4.20. The van der Waals surface area contributed by atoms with Crippen molar-refractivity contribution in [2.45, 2.75) is 45.1 Å². The molecule has 1 saturated carbocycles. The van der Waals surface area contributed by atoms with E-state index in [0.29, 0.717) is 23.8 Å². The summed E-state index contributed by atoms with van der Waals surface area (Å²) in [4.78, 5) is 12.6. The topological polar surface area (TPSA) is 58.6 Å². The molecule has 2 atom stereocenters. The van der Waals surface area contributed by atoms with Crippen molar-refractivity contribution in [3.8, 4) is 5.75 Å². The van der Waals surface area contributed by atoms with E-state index < -0.39 is 5.54 Å². The summed E-state index contributed by atoms with van der Waals surface area (Å²) in [7, 11) is 0. The maximum atomic E-state index is 12.6. The quantitative estimate of drug-likeness (QED) is 0.877. The summed E-state index contributed by atoms with van der Waals surface area (Å²) in [6, 6.07) is 7.24. The minimum Gasteiger partial charge on any atom is -0.493 e. The van der Waals surface area contributed by atoms with E-state index in [0.717, 1.165) is 25.7 Å². The highest BCUT2D eigenvalue weighted by Crippen LogP contribution is 2.32. The number of nitrogens with one attached hydrogen (secondary N) is 1. The molecule has 0 aliphatic heterocycles. The Labute approximate surface area is 126 Å². The van der Waals surface area contributed by atoms with Crippen LogP contribution in [0.5, 0.6) is 5.75 Å². The molecule has 1 amide bonds. The molecule has 2 N–H and O–H groups in total. The lowest BCUT2D eigenvalue weighted by Crippen LogP contribution is -2.53. The number of amides is 1. The third kappa shape index (κ3) is 3.76. The summed E-state index contributed by atoms with van der Waals surface area (Å²) in [6.45, 7) is 4.57. The fraction of sp³-hybridized carbons (Fsp3) is 0.588. The second kappa shape index (κ2) is 6.94. The average Bonchev–Trinajstić information content (AvgIpc) is 2.48. The molecule has 0 spiro atoms. The molecule has 21 heavy (non-hydrogen) atoms. The summed E-state index contributed by atoms with van der Waals surface area (Å²) in [5.41, 5.74) is 0.0408. The summed E-state index contributed by atoms with van der Waals surface area (Å²) in [6.07, 6.45) is 3.85. The van der Waals surface area contributed by atoms with Crippen LogP contribution in [0.25, 0.3) is 0 Å². The molecule has 1 aliphatic rings. The predicted octanol–water partition coefficient (Wildman–Crippen LogP) is 2.76. The SMILES string of the molecule is CCOc1ccccc1C(=O)NC1(CO)CCCC(C)C1. The van der Waals surface area contributed by atoms with E-state index in [1.807, 2.05) is 19.1 Å². The minimum atomic E-state index is -0.492. The highest BCUT2D eigenvalue weighted by Gasteiger charge is 2.36. The molecule has 0 saturated heterocycles. The van der Waals surface area contributed by atoms with Crippen molar-refractivity contribution in [2.24, 2.45) is 5.92 Å². The number of aliphatic hydroxyl groups is 1. The Bertz CT molecular complexity index is 489. The molecule has 0 bridgehead atoms. The average molecular weight is 291 g/mol. The molecule has 1 aliphatic carbocycles. The van der Waals surface area contributed by atoms with Gasteiger partial charge in [-0.15, -0.1) is 0 Å². The third-order valence-electron chi connectivity index (χ3n) is 4.20. The Morgan fingerprint density at radius 2 is 2.24 bits per heavy atom. The number of hydrogen-bond donors (Lipinski definition) is 2. The fourth-order valence-corrected chi connectivity index (χ4v) is 3.20. The molecule has 1 fully saturated rings. The molecule has 0 radical (unpaired) electrons. The molecule has 0 aromatic heterocycles. The van der Waals surface area contributed by atoms with Gasteiger partial charge < -0.3 is 15.2 Å². The van der Waals surface area contributed by atoms with Crippen LogP contribution in [0.3, 0.4) is 0 Å². The van der Waals surface area contributed by atoms with Gasteiger partial charge >= 0.3 is 0 Å². The van der Waals surface area contributed by atoms with Crippen LogP contribution in [0.15, 0.2) is 24.3 Å². The number of benzene rings is 1. The molecule has 4 heteroatoms. The number of carbonyl (C=O) groups is 1. The summed E-state index contributed by atoms with van der Waals surface area (Å²) >= 11 is 0. The summed E-state index contributed by atoms with van der Waals surface area (Å²) in [5, 5.41) is 12.8. The zero-order valence-electron chi connectivity index (χ0n) is 12.9. The second-order valence-electron chi connectivity index (χ2n) is 6.02. The molecule has 4 nitrogen and oxygen atoms in total. The van der Waals surface area contributed by atoms with Crippen LogP contribution in [0.1, 0.15) is 49.9 Å². The molecule has 0 heterocycles. The first kappa shape index (κ1) is 15.8. The van der Waals surface area contributed by atoms with E-state index in [1.54, 1.807) is 12.1 Å². The second-order valence-corrected chi connectivity index (χ2v) is 6.02. The maximum absolute atomic E-state index is 12.6. The van der Waals surface area contributed by atoms with E-state index in [-0.39, 0.29) is 12.5 Å². The molecule has 1 aromatic carbocycles. The van der Waals surface area contributed by atoms with E-state index >= 15 is 0 Å². The Kier molecular flexibility index (Phi) is 5.23. The first-order chi connectivity index (χ1) is 10.1. The number of rotatable bonds is 5. The van der Waals surface area contributed by atoms with Gasteiger partial charge in [-0.2, -0.15) is 0 Å². The van der Waals surface area contributed by atoms with Crippen molar-refractivity contribution in [3.63, 3.8) is 0 Å². The van der Waals surface area contributed by atoms with E-state index in [2.05, 4.69) is 12.2 Å². The fourth-order valence-electron chi connectivity index (χ4n) is 3.20. The van der Waals surface area contributed by atoms with Gasteiger partial charge in [0.1, 0.15) is 5.75 Å². The van der Waals surface area contributed by atoms with E-state index in [1.165, 1.54) is 0 Å². The Balaban J connectivity index is 2.16. The van der Waals surface area contributed by atoms with Crippen molar-refractivity contribution in [1.82, 2.24) is 5.32 Å². The van der Waals surface area contributed by atoms with Crippen molar-refractivity contribution < 1.29 is 14.6 Å². The number of aliphatic hydroxyl groups excluding tert-OH is 1. The number of para-hydroxylation sites is 1. The van der Waals surface area contributed by atoms with Crippen LogP contribution in [-0.2, 0) is 0 Å². The van der Waals surface area contributed by atoms with Crippen LogP contribution in [0.4, 0.5) is 0 Å². The standard InChI is InChI=1S/C17H25NO3/c1-3-21-15-9-5-4-8-14(15)16(20)18-17(12-19)10-6-7-13(2)11-17/h4-5,8-9,13,19H,3,6-7,10-12H2,1-2H3,(H,18,20). The molecular weight excluding hydrogens is 266 g/mol. The Morgan fingerprint density at radius 3 is 2.90 bits per heavy atom. The normalized spacial score (nSPS) is 25.4. The lowest BCUT2D eigenvalue weighted by atomic mass is 9.76. The van der Waals surface area contributed by atoms with Gasteiger partial charge in [0.2, 0.25) is 0 Å². The van der Waals surface area contributed by atoms with Crippen molar-refractivity contribution >= 4 is 5.91 Å². The highest BCUT2D eigenvalue weighted by atomic mass is 16.5. The summed E-state index contributed by atoms with van der Waals surface area (Å²) < 4.78 is 5.51. The summed E-state index contributed by atoms with van der Waals surface area (Å²) in [5.74, 6) is 0.949. The van der Waals surface area contributed by atoms with Crippen molar-refractivity contribution in [3.05, 3.63) is 29.8 Å². The van der Waals surface area contributed by atoms with Crippen molar-refractivity contribution in [1.29, 1.82) is 0 Å². The van der Waals surface area contributed by atoms with Gasteiger partial charge in [-0.3, -0.25) is 4.79 Å². The smallest absolute Gasteiger partial charge is 0.255 e. The monoisotopic (exact) mass is 291 g/mol. The van der Waals surface area contributed by atoms with Crippen LogP contribution in [0, 0.1) is 5.92 Å². The van der Waals surface area contributed by atoms with Gasteiger partial charge in [0, 0.05) is 0 Å². The zero-order chi connectivity index (χ0) is 15.3. The van der Waals surface area contributed by atoms with Crippen LogP contribution < -0.4 is 10.1 Å². The van der Waals surface area contributed by atoms with E-state index in [9.17, 15) is 9.90 Å². The first-order valence-electron chi connectivity index (χ1n) is 7.75. The van der Waals surface area contributed by atoms with Gasteiger partial charge in [-0.05, 0) is 37.8 Å². The molecule has 116 valence electrons. The lowest BCUT2D eigenvalue weighted by Gasteiger charge is -2.39. The van der Waals surface area contributed by atoms with Crippen LogP contribution in [-0.4, -0.2) is 29.8 Å². The first-order valence-corrected chi connectivity index (χ1v) is 7.75. The van der Waals surface area contributed by atoms with E-state index in [4.69, 9.17) is 4.74 Å². The van der Waals surface area contributed by atoms with Gasteiger partial charge in [-0.25, -0.2) is 0 Å². The predicted molar refractivity (Wildman–Crippen MR) is 82.5 cm³/mol. The van der Waals surface area contributed by atoms with Crippen LogP contribution >= 0.6 is 0 Å². The zero-order valence-corrected chi connectivity index (χ0v) is 12.9. The van der Waals surface area contributed by atoms with Crippen LogP contribution in [0.2, 0.25) is 0 Å². The number of carbonyl (C=O) groups excluding carboxylic acids is 1. The minimum absolute atomic E-state index is 0.0140.